The van der Waals surface area contributed by atoms with Gasteiger partial charge in [-0.1, -0.05) is 27.5 Å². The van der Waals surface area contributed by atoms with Gasteiger partial charge in [0, 0.05) is 11.5 Å². The molecule has 3 aliphatic heterocycles. The molecule has 0 radical (unpaired) electrons. The summed E-state index contributed by atoms with van der Waals surface area (Å²) < 4.78 is 24.3. The van der Waals surface area contributed by atoms with Crippen molar-refractivity contribution >= 4 is 55.8 Å². The Bertz CT molecular complexity index is 1290. The number of rotatable bonds is 3. The monoisotopic (exact) mass is 533 g/mol. The number of nitrogens with one attached hydrogen (secondary N) is 2. The number of aryl methyl sites for hydroxylation is 1. The fourth-order valence-corrected chi connectivity index (χ4v) is 5.96. The van der Waals surface area contributed by atoms with Crippen molar-refractivity contribution in [2.75, 3.05) is 25.0 Å². The number of hydrogen-bond donors (Lipinski definition) is 2. The van der Waals surface area contributed by atoms with Crippen LogP contribution in [0.2, 0.25) is 5.02 Å². The summed E-state index contributed by atoms with van der Waals surface area (Å²) in [5.41, 5.74) is 1.23. The predicted octanol–water partition coefficient (Wildman–Crippen LogP) is 4.22. The van der Waals surface area contributed by atoms with Crippen LogP contribution < -0.4 is 10.6 Å². The van der Waals surface area contributed by atoms with Crippen LogP contribution in [-0.2, 0) is 11.8 Å². The topological polar surface area (TPSA) is 71.4 Å². The van der Waals surface area contributed by atoms with Gasteiger partial charge < -0.3 is 24.8 Å². The number of amides is 1. The summed E-state index contributed by atoms with van der Waals surface area (Å²) in [7, 11) is 1.78. The molecular formula is C23H22BrClFN5O2. The Balaban J connectivity index is 1.34. The average molecular weight is 535 g/mol. The number of aromatic nitrogens is 2. The van der Waals surface area contributed by atoms with Gasteiger partial charge >= 0.3 is 0 Å². The maximum Gasteiger partial charge on any atom is 0.256 e. The van der Waals surface area contributed by atoms with E-state index in [0.29, 0.717) is 29.3 Å². The van der Waals surface area contributed by atoms with Crippen LogP contribution in [0, 0.1) is 5.82 Å². The number of hydrogen-bond acceptors (Lipinski definition) is 5. The average Bonchev–Trinajstić information content (AvgIpc) is 3.12. The Morgan fingerprint density at radius 2 is 2.21 bits per heavy atom. The first-order valence-electron chi connectivity index (χ1n) is 10.9. The lowest BCUT2D eigenvalue weighted by Gasteiger charge is -2.64. The molecule has 1 aromatic heterocycles. The number of carbonyl (C=O) groups excluding carboxylic acids is 1. The third-order valence-corrected chi connectivity index (χ3v) is 7.75. The van der Waals surface area contributed by atoms with Gasteiger partial charge in [0.15, 0.2) is 5.82 Å². The van der Waals surface area contributed by atoms with Crippen LogP contribution in [0.3, 0.4) is 0 Å². The number of fused-ring (bicyclic) bond motifs is 3. The highest BCUT2D eigenvalue weighted by atomic mass is 79.9. The minimum atomic E-state index is -0.584. The molecule has 2 N–H and O–H groups in total. The smallest absolute Gasteiger partial charge is 0.256 e. The van der Waals surface area contributed by atoms with Gasteiger partial charge in [-0.3, -0.25) is 4.79 Å². The highest BCUT2D eigenvalue weighted by molar-refractivity contribution is 9.10. The summed E-state index contributed by atoms with van der Waals surface area (Å²) in [6, 6.07) is 7.22. The minimum Gasteiger partial charge on any atom is -0.365 e. The minimum absolute atomic E-state index is 0.0690. The van der Waals surface area contributed by atoms with Crippen LogP contribution in [-0.4, -0.2) is 57.7 Å². The van der Waals surface area contributed by atoms with E-state index in [9.17, 15) is 4.79 Å². The van der Waals surface area contributed by atoms with E-state index in [4.69, 9.17) is 16.3 Å². The molecule has 10 heteroatoms. The first-order chi connectivity index (χ1) is 15.9. The molecule has 2 atom stereocenters. The molecule has 33 heavy (non-hydrogen) atoms. The van der Waals surface area contributed by atoms with Crippen molar-refractivity contribution in [3.8, 4) is 0 Å². The van der Waals surface area contributed by atoms with Gasteiger partial charge in [0.25, 0.3) is 5.91 Å². The van der Waals surface area contributed by atoms with Crippen molar-refractivity contribution in [1.82, 2.24) is 19.8 Å². The quantitative estimate of drug-likeness (QED) is 0.527. The molecule has 3 saturated heterocycles. The Morgan fingerprint density at radius 1 is 1.39 bits per heavy atom. The molecule has 1 spiro atoms. The first kappa shape index (κ1) is 21.3. The van der Waals surface area contributed by atoms with Gasteiger partial charge in [0.05, 0.1) is 59.0 Å². The van der Waals surface area contributed by atoms with Gasteiger partial charge in [0.2, 0.25) is 0 Å². The maximum atomic E-state index is 15.6. The van der Waals surface area contributed by atoms with E-state index in [1.54, 1.807) is 40.8 Å². The largest absolute Gasteiger partial charge is 0.365 e. The molecule has 1 unspecified atom stereocenters. The molecule has 1 amide bonds. The Morgan fingerprint density at radius 3 is 2.97 bits per heavy atom. The number of piperidine rings is 1. The Hall–Kier alpha value is -2.20. The molecule has 6 rings (SSSR count). The Kier molecular flexibility index (Phi) is 4.95. The van der Waals surface area contributed by atoms with Crippen molar-refractivity contribution in [2.24, 2.45) is 7.05 Å². The summed E-state index contributed by atoms with van der Waals surface area (Å²) in [4.78, 5) is 19.5. The number of likely N-dealkylation sites (tertiary alicyclic amines) is 1. The number of halogens is 3. The number of ether oxygens (including phenoxy) is 1. The number of carbonyl (C=O) groups is 1. The number of imidazole rings is 1. The van der Waals surface area contributed by atoms with Crippen LogP contribution in [0.5, 0.6) is 0 Å². The standard InChI is InChI=1S/C23H22BrClFN5O2/c1-30-11-28-20-16(30)8-13(19(18(20)26)29-15-5-4-12(24)7-14(15)25)22(32)31-9-23(10-31)21-17(33-23)3-2-6-27-21/h4-5,7-8,11,17,21,27,29H,2-3,6,9-10H2,1H3/t17?,21-/m0/s1. The van der Waals surface area contributed by atoms with E-state index in [1.807, 2.05) is 0 Å². The van der Waals surface area contributed by atoms with Gasteiger partial charge in [-0.15, -0.1) is 0 Å². The second-order valence-corrected chi connectivity index (χ2v) is 10.4. The predicted molar refractivity (Wildman–Crippen MR) is 128 cm³/mol. The number of nitrogens with zero attached hydrogens (tertiary/aromatic N) is 3. The lowest BCUT2D eigenvalue weighted by molar-refractivity contribution is -0.286. The fraction of sp³-hybridized carbons (Fsp3) is 0.391. The molecule has 7 nitrogen and oxygen atoms in total. The van der Waals surface area contributed by atoms with Crippen LogP contribution in [0.4, 0.5) is 15.8 Å². The zero-order chi connectivity index (χ0) is 22.9. The highest BCUT2D eigenvalue weighted by Gasteiger charge is 2.63. The zero-order valence-corrected chi connectivity index (χ0v) is 20.2. The SMILES string of the molecule is Cn1cnc2c(F)c(Nc3ccc(Br)cc3Cl)c(C(=O)N3CC4(C3)OC3CCCN[C@@H]34)cc21. The Labute approximate surface area is 203 Å². The van der Waals surface area contributed by atoms with Crippen molar-refractivity contribution in [3.63, 3.8) is 0 Å². The van der Waals surface area contributed by atoms with Crippen LogP contribution >= 0.6 is 27.5 Å². The van der Waals surface area contributed by atoms with Crippen LogP contribution in [0.1, 0.15) is 23.2 Å². The van der Waals surface area contributed by atoms with Gasteiger partial charge in [-0.2, -0.15) is 0 Å². The normalized spacial score (nSPS) is 23.2. The van der Waals surface area contributed by atoms with Crippen LogP contribution in [0.25, 0.3) is 11.0 Å². The molecule has 2 aromatic carbocycles. The van der Waals surface area contributed by atoms with Gasteiger partial charge in [-0.25, -0.2) is 9.37 Å². The van der Waals surface area contributed by atoms with Crippen molar-refractivity contribution in [3.05, 3.63) is 51.5 Å². The lowest BCUT2D eigenvalue weighted by atomic mass is 9.74. The van der Waals surface area contributed by atoms with Crippen molar-refractivity contribution in [2.45, 2.75) is 30.6 Å². The summed E-state index contributed by atoms with van der Waals surface area (Å²) >= 11 is 9.74. The van der Waals surface area contributed by atoms with Crippen LogP contribution in [0.15, 0.2) is 35.1 Å². The molecule has 0 saturated carbocycles. The molecule has 4 heterocycles. The van der Waals surface area contributed by atoms with E-state index in [1.165, 1.54) is 6.33 Å². The summed E-state index contributed by atoms with van der Waals surface area (Å²) in [6.07, 6.45) is 3.93. The molecule has 0 bridgehead atoms. The van der Waals surface area contributed by atoms with E-state index in [2.05, 4.69) is 31.5 Å². The second kappa shape index (κ2) is 7.66. The van der Waals surface area contributed by atoms with E-state index in [0.717, 1.165) is 23.9 Å². The third kappa shape index (κ3) is 3.28. The third-order valence-electron chi connectivity index (χ3n) is 6.94. The van der Waals surface area contributed by atoms with E-state index < -0.39 is 5.82 Å². The van der Waals surface area contributed by atoms with E-state index >= 15 is 4.39 Å². The first-order valence-corrected chi connectivity index (χ1v) is 12.1. The van der Waals surface area contributed by atoms with Gasteiger partial charge in [0.1, 0.15) is 11.1 Å². The molecule has 3 fully saturated rings. The van der Waals surface area contributed by atoms with Crippen molar-refractivity contribution in [1.29, 1.82) is 0 Å². The summed E-state index contributed by atoms with van der Waals surface area (Å²) in [5.74, 6) is -0.833. The van der Waals surface area contributed by atoms with Crippen molar-refractivity contribution < 1.29 is 13.9 Å². The number of anilines is 2. The maximum absolute atomic E-state index is 15.6. The van der Waals surface area contributed by atoms with Gasteiger partial charge in [-0.05, 0) is 43.7 Å². The fourth-order valence-electron chi connectivity index (χ4n) is 5.24. The lowest BCUT2D eigenvalue weighted by Crippen LogP contribution is -2.83. The highest BCUT2D eigenvalue weighted by Crippen LogP contribution is 2.45. The number of benzene rings is 2. The molecule has 3 aliphatic rings. The summed E-state index contributed by atoms with van der Waals surface area (Å²) in [5, 5.41) is 6.99. The second-order valence-electron chi connectivity index (χ2n) is 9.04. The molecular weight excluding hydrogens is 513 g/mol. The molecule has 0 aliphatic carbocycles. The molecule has 3 aromatic rings. The van der Waals surface area contributed by atoms with E-state index in [-0.39, 0.29) is 40.4 Å². The zero-order valence-electron chi connectivity index (χ0n) is 17.9. The molecule has 172 valence electrons. The summed E-state index contributed by atoms with van der Waals surface area (Å²) in [6.45, 7) is 1.96.